The van der Waals surface area contributed by atoms with Crippen LogP contribution in [0.5, 0.6) is 11.5 Å². The molecule has 1 aliphatic heterocycles. The molecule has 25 heavy (non-hydrogen) atoms. The van der Waals surface area contributed by atoms with Gasteiger partial charge in [-0.25, -0.2) is 0 Å². The van der Waals surface area contributed by atoms with Crippen LogP contribution in [0.3, 0.4) is 0 Å². The summed E-state index contributed by atoms with van der Waals surface area (Å²) in [6.45, 7) is 1.03. The summed E-state index contributed by atoms with van der Waals surface area (Å²) in [5.74, 6) is 0.409. The number of nitrogens with two attached hydrogens (primary N) is 1. The molecule has 0 aliphatic carbocycles. The van der Waals surface area contributed by atoms with Crippen molar-refractivity contribution in [3.8, 4) is 22.8 Å². The molecule has 0 atom stereocenters. The van der Waals surface area contributed by atoms with E-state index in [1.54, 1.807) is 17.9 Å². The number of rotatable bonds is 4. The Hall–Kier alpha value is -3.03. The highest BCUT2D eigenvalue weighted by Crippen LogP contribution is 2.34. The molecule has 0 radical (unpaired) electrons. The normalized spacial score (nSPS) is 13.2. The molecule has 2 amide bonds. The first-order valence-corrected chi connectivity index (χ1v) is 7.93. The highest BCUT2D eigenvalue weighted by Gasteiger charge is 2.22. The zero-order chi connectivity index (χ0) is 18.0. The van der Waals surface area contributed by atoms with Crippen LogP contribution in [0, 0.1) is 0 Å². The summed E-state index contributed by atoms with van der Waals surface area (Å²) in [5, 5.41) is 4.39. The molecule has 2 aromatic rings. The molecule has 0 saturated heterocycles. The number of carbonyl (C=O) groups is 2. The molecule has 2 heterocycles. The van der Waals surface area contributed by atoms with Crippen LogP contribution in [0.15, 0.2) is 24.4 Å². The molecular formula is C17H20N4O4. The Kier molecular flexibility index (Phi) is 4.60. The van der Waals surface area contributed by atoms with Crippen molar-refractivity contribution < 1.29 is 19.1 Å². The van der Waals surface area contributed by atoms with E-state index in [-0.39, 0.29) is 12.5 Å². The fourth-order valence-corrected chi connectivity index (χ4v) is 2.68. The second kappa shape index (κ2) is 6.84. The number of nitrogens with zero attached hydrogens (tertiary/aromatic N) is 3. The first-order chi connectivity index (χ1) is 12.0. The van der Waals surface area contributed by atoms with Crippen LogP contribution in [0.2, 0.25) is 0 Å². The Bertz CT molecular complexity index is 815. The van der Waals surface area contributed by atoms with E-state index in [1.807, 2.05) is 18.2 Å². The molecule has 1 aromatic carbocycles. The molecule has 2 N–H and O–H groups in total. The molecule has 0 saturated carbocycles. The molecular weight excluding hydrogens is 324 g/mol. The Labute approximate surface area is 145 Å². The Morgan fingerprint density at radius 1 is 1.28 bits per heavy atom. The van der Waals surface area contributed by atoms with Crippen molar-refractivity contribution in [1.29, 1.82) is 0 Å². The van der Waals surface area contributed by atoms with Crippen molar-refractivity contribution in [2.75, 3.05) is 26.8 Å². The van der Waals surface area contributed by atoms with E-state index in [1.165, 1.54) is 11.9 Å². The van der Waals surface area contributed by atoms with E-state index in [0.717, 1.165) is 12.0 Å². The summed E-state index contributed by atoms with van der Waals surface area (Å²) in [5.41, 5.74) is 6.81. The van der Waals surface area contributed by atoms with E-state index in [4.69, 9.17) is 15.2 Å². The van der Waals surface area contributed by atoms with Gasteiger partial charge in [0.1, 0.15) is 5.69 Å². The van der Waals surface area contributed by atoms with Gasteiger partial charge in [-0.05, 0) is 18.2 Å². The first kappa shape index (κ1) is 16.8. The number of hydrogen-bond acceptors (Lipinski definition) is 5. The van der Waals surface area contributed by atoms with Gasteiger partial charge < -0.3 is 20.1 Å². The Morgan fingerprint density at radius 3 is 2.72 bits per heavy atom. The molecule has 1 aromatic heterocycles. The van der Waals surface area contributed by atoms with Crippen molar-refractivity contribution in [2.45, 2.75) is 6.42 Å². The lowest BCUT2D eigenvalue weighted by atomic mass is 10.1. The minimum Gasteiger partial charge on any atom is -0.490 e. The number of benzene rings is 1. The Morgan fingerprint density at radius 2 is 2.00 bits per heavy atom. The average molecular weight is 344 g/mol. The van der Waals surface area contributed by atoms with Crippen LogP contribution >= 0.6 is 0 Å². The van der Waals surface area contributed by atoms with E-state index in [0.29, 0.717) is 36.0 Å². The summed E-state index contributed by atoms with van der Waals surface area (Å²) in [7, 11) is 3.26. The van der Waals surface area contributed by atoms with Gasteiger partial charge in [0.25, 0.3) is 5.91 Å². The van der Waals surface area contributed by atoms with E-state index < -0.39 is 5.91 Å². The number of ether oxygens (including phenoxy) is 2. The molecule has 8 nitrogen and oxygen atoms in total. The predicted octanol–water partition coefficient (Wildman–Crippen LogP) is 0.806. The maximum absolute atomic E-state index is 12.6. The van der Waals surface area contributed by atoms with E-state index in [9.17, 15) is 9.59 Å². The third kappa shape index (κ3) is 3.57. The molecule has 1 aliphatic rings. The lowest BCUT2D eigenvalue weighted by Gasteiger charge is -2.15. The molecule has 0 spiro atoms. The summed E-state index contributed by atoms with van der Waals surface area (Å²) in [6, 6.07) is 5.46. The molecule has 132 valence electrons. The third-order valence-electron chi connectivity index (χ3n) is 3.82. The van der Waals surface area contributed by atoms with Crippen LogP contribution < -0.4 is 15.2 Å². The van der Waals surface area contributed by atoms with E-state index >= 15 is 0 Å². The number of aryl methyl sites for hydroxylation is 1. The topological polar surface area (TPSA) is 99.7 Å². The molecule has 0 fully saturated rings. The SMILES string of the molecule is CN(CC(N)=O)C(=O)c1cn(C)nc1-c1ccc2c(c1)OCCCO2. The van der Waals surface area contributed by atoms with Crippen molar-refractivity contribution in [1.82, 2.24) is 14.7 Å². The second-order valence-electron chi connectivity index (χ2n) is 5.90. The summed E-state index contributed by atoms with van der Waals surface area (Å²) in [6.07, 6.45) is 2.44. The maximum Gasteiger partial charge on any atom is 0.257 e. The quantitative estimate of drug-likeness (QED) is 0.884. The maximum atomic E-state index is 12.6. The van der Waals surface area contributed by atoms with Crippen molar-refractivity contribution in [3.63, 3.8) is 0 Å². The number of primary amides is 1. The van der Waals surface area contributed by atoms with Gasteiger partial charge in [-0.15, -0.1) is 0 Å². The van der Waals surface area contributed by atoms with Crippen molar-refractivity contribution >= 4 is 11.8 Å². The van der Waals surface area contributed by atoms with E-state index in [2.05, 4.69) is 5.10 Å². The lowest BCUT2D eigenvalue weighted by molar-refractivity contribution is -0.118. The van der Waals surface area contributed by atoms with Gasteiger partial charge in [0, 0.05) is 32.3 Å². The van der Waals surface area contributed by atoms with Crippen LogP contribution in [-0.4, -0.2) is 53.3 Å². The molecule has 0 unspecified atom stereocenters. The van der Waals surface area contributed by atoms with Gasteiger partial charge >= 0.3 is 0 Å². The zero-order valence-corrected chi connectivity index (χ0v) is 14.2. The zero-order valence-electron chi connectivity index (χ0n) is 14.2. The Balaban J connectivity index is 1.97. The fourth-order valence-electron chi connectivity index (χ4n) is 2.68. The minimum atomic E-state index is -0.572. The molecule has 3 rings (SSSR count). The van der Waals surface area contributed by atoms with Crippen molar-refractivity contribution in [2.24, 2.45) is 12.8 Å². The average Bonchev–Trinajstić information content (AvgIpc) is 2.80. The number of fused-ring (bicyclic) bond motifs is 1. The highest BCUT2D eigenvalue weighted by molar-refractivity contribution is 6.01. The highest BCUT2D eigenvalue weighted by atomic mass is 16.5. The fraction of sp³-hybridized carbons (Fsp3) is 0.353. The summed E-state index contributed by atoms with van der Waals surface area (Å²) in [4.78, 5) is 25.0. The van der Waals surface area contributed by atoms with Gasteiger partial charge in [0.05, 0.1) is 25.3 Å². The first-order valence-electron chi connectivity index (χ1n) is 7.93. The predicted molar refractivity (Wildman–Crippen MR) is 90.4 cm³/mol. The number of hydrogen-bond donors (Lipinski definition) is 1. The summed E-state index contributed by atoms with van der Waals surface area (Å²) < 4.78 is 12.9. The monoisotopic (exact) mass is 344 g/mol. The van der Waals surface area contributed by atoms with Crippen LogP contribution in [0.4, 0.5) is 0 Å². The van der Waals surface area contributed by atoms with Crippen LogP contribution in [0.25, 0.3) is 11.3 Å². The van der Waals surface area contributed by atoms with Crippen LogP contribution in [-0.2, 0) is 11.8 Å². The number of carbonyl (C=O) groups excluding carboxylic acids is 2. The van der Waals surface area contributed by atoms with Crippen molar-refractivity contribution in [3.05, 3.63) is 30.0 Å². The summed E-state index contributed by atoms with van der Waals surface area (Å²) >= 11 is 0. The van der Waals surface area contributed by atoms with Gasteiger partial charge in [0.15, 0.2) is 11.5 Å². The standard InChI is InChI=1S/C17H20N4O4/c1-20(10-15(18)22)17(23)12-9-21(2)19-16(12)11-4-5-13-14(8-11)25-7-3-6-24-13/h4-5,8-9H,3,6-7,10H2,1-2H3,(H2,18,22). The van der Waals surface area contributed by atoms with Crippen LogP contribution in [0.1, 0.15) is 16.8 Å². The largest absolute Gasteiger partial charge is 0.490 e. The number of amides is 2. The van der Waals surface area contributed by atoms with Gasteiger partial charge in [-0.2, -0.15) is 5.10 Å². The molecule has 0 bridgehead atoms. The third-order valence-corrected chi connectivity index (χ3v) is 3.82. The number of likely N-dealkylation sites (N-methyl/N-ethyl adjacent to an activating group) is 1. The minimum absolute atomic E-state index is 0.158. The van der Waals surface area contributed by atoms with Gasteiger partial charge in [0.2, 0.25) is 5.91 Å². The number of aromatic nitrogens is 2. The lowest BCUT2D eigenvalue weighted by Crippen LogP contribution is -2.35. The van der Waals surface area contributed by atoms with Gasteiger partial charge in [-0.3, -0.25) is 14.3 Å². The smallest absolute Gasteiger partial charge is 0.257 e. The second-order valence-corrected chi connectivity index (χ2v) is 5.90. The molecule has 8 heteroatoms. The van der Waals surface area contributed by atoms with Gasteiger partial charge in [-0.1, -0.05) is 0 Å².